The van der Waals surface area contributed by atoms with Crippen LogP contribution in [0.4, 0.5) is 4.79 Å². The molecule has 4 atom stereocenters. The molecule has 5 heteroatoms. The summed E-state index contributed by atoms with van der Waals surface area (Å²) in [5.74, 6) is 0. The van der Waals surface area contributed by atoms with E-state index < -0.39 is 30.6 Å². The summed E-state index contributed by atoms with van der Waals surface area (Å²) < 4.78 is 9.42. The number of carbonyl (C=O) groups is 1. The lowest BCUT2D eigenvalue weighted by atomic mass is 10.2. The van der Waals surface area contributed by atoms with Crippen molar-refractivity contribution in [2.24, 2.45) is 0 Å². The minimum Gasteiger partial charge on any atom is -0.429 e. The Labute approximate surface area is 83.6 Å². The van der Waals surface area contributed by atoms with Crippen molar-refractivity contribution in [1.29, 1.82) is 0 Å². The molecule has 0 aromatic rings. The van der Waals surface area contributed by atoms with Crippen LogP contribution in [0.2, 0.25) is 0 Å². The van der Waals surface area contributed by atoms with Crippen molar-refractivity contribution in [3.8, 4) is 0 Å². The maximum atomic E-state index is 11.0. The van der Waals surface area contributed by atoms with Gasteiger partial charge in [0.2, 0.25) is 0 Å². The number of ether oxygens (including phenoxy) is 2. The van der Waals surface area contributed by atoms with Crippen molar-refractivity contribution in [3.63, 3.8) is 0 Å². The second-order valence-electron chi connectivity index (χ2n) is 3.38. The van der Waals surface area contributed by atoms with Gasteiger partial charge in [-0.3, -0.25) is 0 Å². The number of hydrogen-bond donors (Lipinski definition) is 2. The lowest BCUT2D eigenvalue weighted by Gasteiger charge is -2.19. The first-order valence-corrected chi connectivity index (χ1v) is 4.58. The average molecular weight is 206 g/mol. The van der Waals surface area contributed by atoms with Gasteiger partial charge >= 0.3 is 6.16 Å². The summed E-state index contributed by atoms with van der Waals surface area (Å²) in [6.45, 7) is 6.13. The zero-order chi connectivity index (χ0) is 11.3. The Balaban J connectivity index is 3.87. The van der Waals surface area contributed by atoms with Crippen LogP contribution in [0, 0.1) is 0 Å². The number of hydrogen-bond acceptors (Lipinski definition) is 5. The molecule has 2 N–H and O–H groups in total. The Morgan fingerprint density at radius 3 is 1.43 bits per heavy atom. The van der Waals surface area contributed by atoms with E-state index in [1.807, 2.05) is 0 Å². The molecule has 0 aromatic carbocycles. The average Bonchev–Trinajstić information content (AvgIpc) is 2.03. The molecule has 14 heavy (non-hydrogen) atoms. The van der Waals surface area contributed by atoms with E-state index in [1.165, 1.54) is 13.8 Å². The molecule has 5 nitrogen and oxygen atoms in total. The Bertz CT molecular complexity index is 160. The van der Waals surface area contributed by atoms with Gasteiger partial charge in [-0.05, 0) is 27.7 Å². The highest BCUT2D eigenvalue weighted by molar-refractivity contribution is 5.60. The molecular formula is C9H18O5. The van der Waals surface area contributed by atoms with Gasteiger partial charge in [-0.1, -0.05) is 0 Å². The molecule has 0 bridgehead atoms. The Morgan fingerprint density at radius 1 is 0.929 bits per heavy atom. The Morgan fingerprint density at radius 2 is 1.21 bits per heavy atom. The van der Waals surface area contributed by atoms with Gasteiger partial charge in [0.15, 0.2) is 0 Å². The second kappa shape index (κ2) is 5.82. The van der Waals surface area contributed by atoms with Gasteiger partial charge < -0.3 is 19.7 Å². The standard InChI is InChI=1S/C9H18O5/c1-5(10)7(3)13-9(12)14-8(4)6(2)11/h5-8,10-11H,1-4H3. The van der Waals surface area contributed by atoms with E-state index in [-0.39, 0.29) is 0 Å². The summed E-state index contributed by atoms with van der Waals surface area (Å²) in [5, 5.41) is 18.1. The highest BCUT2D eigenvalue weighted by atomic mass is 16.7. The van der Waals surface area contributed by atoms with E-state index in [1.54, 1.807) is 13.8 Å². The first-order chi connectivity index (χ1) is 6.34. The van der Waals surface area contributed by atoms with Crippen molar-refractivity contribution < 1.29 is 24.5 Å². The number of aliphatic hydroxyl groups excluding tert-OH is 2. The van der Waals surface area contributed by atoms with Crippen LogP contribution >= 0.6 is 0 Å². The van der Waals surface area contributed by atoms with E-state index in [4.69, 9.17) is 19.7 Å². The monoisotopic (exact) mass is 206 g/mol. The zero-order valence-corrected chi connectivity index (χ0v) is 8.93. The van der Waals surface area contributed by atoms with E-state index in [9.17, 15) is 4.79 Å². The minimum atomic E-state index is -0.883. The van der Waals surface area contributed by atoms with E-state index >= 15 is 0 Å². The number of aliphatic hydroxyl groups is 2. The third kappa shape index (κ3) is 5.04. The van der Waals surface area contributed by atoms with Crippen LogP contribution in [0.15, 0.2) is 0 Å². The lowest BCUT2D eigenvalue weighted by Crippen LogP contribution is -2.31. The van der Waals surface area contributed by atoms with Crippen LogP contribution in [-0.4, -0.2) is 40.8 Å². The molecule has 0 saturated heterocycles. The fourth-order valence-electron chi connectivity index (χ4n) is 0.528. The van der Waals surface area contributed by atoms with Gasteiger partial charge in [0.25, 0.3) is 0 Å². The van der Waals surface area contributed by atoms with Crippen LogP contribution in [0.1, 0.15) is 27.7 Å². The molecule has 0 rings (SSSR count). The van der Waals surface area contributed by atoms with Gasteiger partial charge in [-0.2, -0.15) is 0 Å². The van der Waals surface area contributed by atoms with Crippen molar-refractivity contribution in [3.05, 3.63) is 0 Å². The van der Waals surface area contributed by atoms with E-state index in [2.05, 4.69) is 0 Å². The first-order valence-electron chi connectivity index (χ1n) is 4.58. The molecule has 4 unspecified atom stereocenters. The summed E-state index contributed by atoms with van der Waals surface area (Å²) in [6, 6.07) is 0. The molecule has 0 aliphatic carbocycles. The van der Waals surface area contributed by atoms with Crippen LogP contribution < -0.4 is 0 Å². The maximum absolute atomic E-state index is 11.0. The van der Waals surface area contributed by atoms with Crippen molar-refractivity contribution in [1.82, 2.24) is 0 Å². The molecule has 0 saturated carbocycles. The Kier molecular flexibility index (Phi) is 5.49. The van der Waals surface area contributed by atoms with E-state index in [0.29, 0.717) is 0 Å². The summed E-state index contributed by atoms with van der Waals surface area (Å²) >= 11 is 0. The Hall–Kier alpha value is -0.810. The summed E-state index contributed by atoms with van der Waals surface area (Å²) in [6.07, 6.45) is -3.62. The van der Waals surface area contributed by atoms with Gasteiger partial charge in [-0.15, -0.1) is 0 Å². The topological polar surface area (TPSA) is 76.0 Å². The van der Waals surface area contributed by atoms with Gasteiger partial charge in [0.1, 0.15) is 12.2 Å². The molecule has 0 aromatic heterocycles. The largest absolute Gasteiger partial charge is 0.508 e. The summed E-state index contributed by atoms with van der Waals surface area (Å²) in [4.78, 5) is 11.0. The fraction of sp³-hybridized carbons (Fsp3) is 0.889. The van der Waals surface area contributed by atoms with Crippen molar-refractivity contribution >= 4 is 6.16 Å². The number of carbonyl (C=O) groups excluding carboxylic acids is 1. The molecule has 0 radical (unpaired) electrons. The first kappa shape index (κ1) is 13.2. The van der Waals surface area contributed by atoms with Crippen molar-refractivity contribution in [2.45, 2.75) is 52.1 Å². The number of rotatable bonds is 4. The SMILES string of the molecule is CC(O)C(C)OC(=O)OC(C)C(C)O. The predicted octanol–water partition coefficient (Wildman–Crippen LogP) is 0.678. The highest BCUT2D eigenvalue weighted by Gasteiger charge is 2.19. The normalized spacial score (nSPS) is 19.3. The predicted molar refractivity (Wildman–Crippen MR) is 49.9 cm³/mol. The van der Waals surface area contributed by atoms with Crippen LogP contribution in [0.25, 0.3) is 0 Å². The van der Waals surface area contributed by atoms with Crippen molar-refractivity contribution in [2.75, 3.05) is 0 Å². The quantitative estimate of drug-likeness (QED) is 0.661. The van der Waals surface area contributed by atoms with Gasteiger partial charge in [0, 0.05) is 0 Å². The summed E-state index contributed by atoms with van der Waals surface area (Å²) in [5.41, 5.74) is 0. The molecule has 0 heterocycles. The minimum absolute atomic E-state index is 0.622. The van der Waals surface area contributed by atoms with Gasteiger partial charge in [-0.25, -0.2) is 4.79 Å². The summed E-state index contributed by atoms with van der Waals surface area (Å²) in [7, 11) is 0. The molecule has 0 amide bonds. The molecule has 0 spiro atoms. The van der Waals surface area contributed by atoms with E-state index in [0.717, 1.165) is 0 Å². The molecule has 0 fully saturated rings. The zero-order valence-electron chi connectivity index (χ0n) is 8.93. The smallest absolute Gasteiger partial charge is 0.429 e. The molecular weight excluding hydrogens is 188 g/mol. The van der Waals surface area contributed by atoms with Crippen LogP contribution in [0.3, 0.4) is 0 Å². The fourth-order valence-corrected chi connectivity index (χ4v) is 0.528. The molecule has 0 aliphatic rings. The second-order valence-corrected chi connectivity index (χ2v) is 3.38. The third-order valence-corrected chi connectivity index (χ3v) is 1.92. The highest BCUT2D eigenvalue weighted by Crippen LogP contribution is 2.04. The van der Waals surface area contributed by atoms with Crippen LogP contribution in [0.5, 0.6) is 0 Å². The lowest BCUT2D eigenvalue weighted by molar-refractivity contribution is -0.0514. The van der Waals surface area contributed by atoms with Gasteiger partial charge in [0.05, 0.1) is 12.2 Å². The maximum Gasteiger partial charge on any atom is 0.508 e. The molecule has 84 valence electrons. The van der Waals surface area contributed by atoms with Crippen LogP contribution in [-0.2, 0) is 9.47 Å². The molecule has 0 aliphatic heterocycles. The third-order valence-electron chi connectivity index (χ3n) is 1.92.